The highest BCUT2D eigenvalue weighted by Gasteiger charge is 1.99. The van der Waals surface area contributed by atoms with Crippen LogP contribution < -0.4 is 11.1 Å². The van der Waals surface area contributed by atoms with E-state index in [4.69, 9.17) is 10.8 Å². The summed E-state index contributed by atoms with van der Waals surface area (Å²) >= 11 is 0. The first-order valence-electron chi connectivity index (χ1n) is 4.25. The molecule has 0 aromatic carbocycles. The first-order chi connectivity index (χ1) is 5.16. The summed E-state index contributed by atoms with van der Waals surface area (Å²) in [6, 6.07) is 0. The van der Waals surface area contributed by atoms with E-state index in [1.165, 1.54) is 0 Å². The van der Waals surface area contributed by atoms with Crippen molar-refractivity contribution in [1.82, 2.24) is 5.32 Å². The van der Waals surface area contributed by atoms with Gasteiger partial charge in [0.2, 0.25) is 0 Å². The lowest BCUT2D eigenvalue weighted by atomic mass is 10.1. The van der Waals surface area contributed by atoms with Crippen LogP contribution >= 0.6 is 0 Å². The number of aliphatic hydroxyl groups excluding tert-OH is 1. The molecule has 3 nitrogen and oxygen atoms in total. The van der Waals surface area contributed by atoms with Crippen molar-refractivity contribution in [3.05, 3.63) is 0 Å². The molecule has 0 heterocycles. The molecule has 0 aromatic heterocycles. The van der Waals surface area contributed by atoms with Crippen molar-refractivity contribution in [2.75, 3.05) is 19.6 Å². The zero-order chi connectivity index (χ0) is 8.69. The van der Waals surface area contributed by atoms with E-state index in [0.717, 1.165) is 18.9 Å². The van der Waals surface area contributed by atoms with Crippen LogP contribution in [-0.4, -0.2) is 30.8 Å². The second-order valence-corrected chi connectivity index (χ2v) is 3.28. The van der Waals surface area contributed by atoms with Crippen LogP contribution in [0, 0.1) is 5.92 Å². The minimum absolute atomic E-state index is 0.342. The highest BCUT2D eigenvalue weighted by molar-refractivity contribution is 4.59. The zero-order valence-corrected chi connectivity index (χ0v) is 7.51. The molecule has 0 aliphatic rings. The summed E-state index contributed by atoms with van der Waals surface area (Å²) in [6.45, 7) is 6.29. The third-order valence-corrected chi connectivity index (χ3v) is 1.55. The fraction of sp³-hybridized carbons (Fsp3) is 1.00. The highest BCUT2D eigenvalue weighted by Crippen LogP contribution is 1.95. The molecule has 0 aliphatic heterocycles. The Morgan fingerprint density at radius 2 is 2.09 bits per heavy atom. The van der Waals surface area contributed by atoms with Crippen LogP contribution in [0.1, 0.15) is 20.3 Å². The Morgan fingerprint density at radius 1 is 1.45 bits per heavy atom. The van der Waals surface area contributed by atoms with E-state index in [2.05, 4.69) is 19.2 Å². The molecule has 4 N–H and O–H groups in total. The quantitative estimate of drug-likeness (QED) is 0.477. The third-order valence-electron chi connectivity index (χ3n) is 1.55. The van der Waals surface area contributed by atoms with Crippen LogP contribution in [0.2, 0.25) is 0 Å². The molecule has 11 heavy (non-hydrogen) atoms. The monoisotopic (exact) mass is 160 g/mol. The van der Waals surface area contributed by atoms with Crippen molar-refractivity contribution in [1.29, 1.82) is 0 Å². The largest absolute Gasteiger partial charge is 0.390 e. The Kier molecular flexibility index (Phi) is 6.51. The topological polar surface area (TPSA) is 58.3 Å². The van der Waals surface area contributed by atoms with E-state index in [1.807, 2.05) is 0 Å². The van der Waals surface area contributed by atoms with E-state index < -0.39 is 0 Å². The number of hydrogen-bond acceptors (Lipinski definition) is 3. The molecule has 0 spiro atoms. The molecule has 68 valence electrons. The predicted molar refractivity (Wildman–Crippen MR) is 47.4 cm³/mol. The van der Waals surface area contributed by atoms with Crippen molar-refractivity contribution in [3.8, 4) is 0 Å². The number of aliphatic hydroxyl groups is 1. The maximum atomic E-state index is 9.04. The number of rotatable bonds is 6. The average Bonchev–Trinajstić information content (AvgIpc) is 1.97. The van der Waals surface area contributed by atoms with Crippen LogP contribution in [0.15, 0.2) is 0 Å². The first kappa shape index (κ1) is 10.9. The van der Waals surface area contributed by atoms with Gasteiger partial charge in [0.15, 0.2) is 0 Å². The van der Waals surface area contributed by atoms with Gasteiger partial charge in [0, 0.05) is 13.1 Å². The first-order valence-corrected chi connectivity index (χ1v) is 4.25. The Hall–Kier alpha value is -0.120. The van der Waals surface area contributed by atoms with Gasteiger partial charge in [-0.05, 0) is 18.9 Å². The molecule has 0 aromatic rings. The summed E-state index contributed by atoms with van der Waals surface area (Å²) in [5, 5.41) is 12.2. The standard InChI is InChI=1S/C8H20N2O/c1-7(2)3-4-10-6-8(11)5-9/h7-8,10-11H,3-6,9H2,1-2H3. The Morgan fingerprint density at radius 3 is 2.55 bits per heavy atom. The Bertz CT molecular complexity index is 86.2. The van der Waals surface area contributed by atoms with Crippen molar-refractivity contribution < 1.29 is 5.11 Å². The molecule has 0 bridgehead atoms. The molecule has 0 rings (SSSR count). The average molecular weight is 160 g/mol. The summed E-state index contributed by atoms with van der Waals surface area (Å²) in [5.41, 5.74) is 5.22. The summed E-state index contributed by atoms with van der Waals surface area (Å²) < 4.78 is 0. The molecule has 0 fully saturated rings. The van der Waals surface area contributed by atoms with E-state index in [-0.39, 0.29) is 6.10 Å². The Balaban J connectivity index is 3.01. The van der Waals surface area contributed by atoms with E-state index >= 15 is 0 Å². The van der Waals surface area contributed by atoms with Crippen molar-refractivity contribution >= 4 is 0 Å². The van der Waals surface area contributed by atoms with E-state index in [1.54, 1.807) is 0 Å². The molecule has 1 atom stereocenters. The third kappa shape index (κ3) is 7.78. The maximum absolute atomic E-state index is 9.04. The minimum Gasteiger partial charge on any atom is -0.390 e. The van der Waals surface area contributed by atoms with Gasteiger partial charge in [0.25, 0.3) is 0 Å². The number of nitrogens with one attached hydrogen (secondary N) is 1. The summed E-state index contributed by atoms with van der Waals surface area (Å²) in [6.07, 6.45) is 0.763. The lowest BCUT2D eigenvalue weighted by molar-refractivity contribution is 0.179. The molecule has 0 amide bonds. The molecular formula is C8H20N2O. The van der Waals surface area contributed by atoms with Crippen molar-refractivity contribution in [3.63, 3.8) is 0 Å². The van der Waals surface area contributed by atoms with Gasteiger partial charge in [0.1, 0.15) is 0 Å². The SMILES string of the molecule is CC(C)CCNCC(O)CN. The van der Waals surface area contributed by atoms with E-state index in [0.29, 0.717) is 13.1 Å². The van der Waals surface area contributed by atoms with Gasteiger partial charge < -0.3 is 16.2 Å². The van der Waals surface area contributed by atoms with Gasteiger partial charge in [-0.2, -0.15) is 0 Å². The Labute approximate surface area is 69.0 Å². The lowest BCUT2D eigenvalue weighted by Crippen LogP contribution is -2.33. The molecule has 0 saturated carbocycles. The van der Waals surface area contributed by atoms with Crippen LogP contribution in [0.5, 0.6) is 0 Å². The summed E-state index contributed by atoms with van der Waals surface area (Å²) in [4.78, 5) is 0. The zero-order valence-electron chi connectivity index (χ0n) is 7.51. The smallest absolute Gasteiger partial charge is 0.0786 e. The van der Waals surface area contributed by atoms with Gasteiger partial charge in [-0.25, -0.2) is 0 Å². The second kappa shape index (κ2) is 6.58. The summed E-state index contributed by atoms with van der Waals surface area (Å²) in [5.74, 6) is 0.720. The fourth-order valence-electron chi connectivity index (χ4n) is 0.743. The van der Waals surface area contributed by atoms with Crippen LogP contribution in [0.4, 0.5) is 0 Å². The van der Waals surface area contributed by atoms with Gasteiger partial charge in [-0.3, -0.25) is 0 Å². The van der Waals surface area contributed by atoms with Gasteiger partial charge >= 0.3 is 0 Å². The van der Waals surface area contributed by atoms with E-state index in [9.17, 15) is 0 Å². The fourth-order valence-corrected chi connectivity index (χ4v) is 0.743. The molecule has 0 saturated heterocycles. The molecule has 0 radical (unpaired) electrons. The maximum Gasteiger partial charge on any atom is 0.0786 e. The van der Waals surface area contributed by atoms with Crippen LogP contribution in [0.25, 0.3) is 0 Å². The van der Waals surface area contributed by atoms with Gasteiger partial charge in [-0.1, -0.05) is 13.8 Å². The molecule has 0 aliphatic carbocycles. The lowest BCUT2D eigenvalue weighted by Gasteiger charge is -2.09. The van der Waals surface area contributed by atoms with Gasteiger partial charge in [0.05, 0.1) is 6.10 Å². The number of nitrogens with two attached hydrogens (primary N) is 1. The van der Waals surface area contributed by atoms with Gasteiger partial charge in [-0.15, -0.1) is 0 Å². The molecule has 1 unspecified atom stereocenters. The predicted octanol–water partition coefficient (Wildman–Crippen LogP) is -0.0583. The summed E-state index contributed by atoms with van der Waals surface area (Å²) in [7, 11) is 0. The van der Waals surface area contributed by atoms with Crippen molar-refractivity contribution in [2.45, 2.75) is 26.4 Å². The van der Waals surface area contributed by atoms with Crippen LogP contribution in [-0.2, 0) is 0 Å². The minimum atomic E-state index is -0.387. The highest BCUT2D eigenvalue weighted by atomic mass is 16.3. The van der Waals surface area contributed by atoms with Crippen molar-refractivity contribution in [2.24, 2.45) is 11.7 Å². The molecular weight excluding hydrogens is 140 g/mol. The number of hydrogen-bond donors (Lipinski definition) is 3. The molecule has 3 heteroatoms. The normalized spacial score (nSPS) is 13.9. The second-order valence-electron chi connectivity index (χ2n) is 3.28. The van der Waals surface area contributed by atoms with Crippen LogP contribution in [0.3, 0.4) is 0 Å².